The fourth-order valence-electron chi connectivity index (χ4n) is 3.13. The van der Waals surface area contributed by atoms with E-state index in [0.717, 1.165) is 18.2 Å². The minimum atomic E-state index is -0.616. The van der Waals surface area contributed by atoms with Crippen LogP contribution in [-0.4, -0.2) is 136 Å². The summed E-state index contributed by atoms with van der Waals surface area (Å²) in [4.78, 5) is 33.1. The highest BCUT2D eigenvalue weighted by atomic mass is 16.7. The van der Waals surface area contributed by atoms with Crippen molar-refractivity contribution >= 4 is 17.9 Å². The topological polar surface area (TPSA) is 162 Å². The molecule has 0 spiro atoms. The fraction of sp³-hybridized carbons (Fsp3) is 0.719. The summed E-state index contributed by atoms with van der Waals surface area (Å²) in [7, 11) is 0. The molecule has 272 valence electrons. The summed E-state index contributed by atoms with van der Waals surface area (Å²) in [6.45, 7) is 20.7. The molecule has 3 unspecified atom stereocenters. The van der Waals surface area contributed by atoms with Gasteiger partial charge in [0.1, 0.15) is 19.8 Å². The molecule has 0 aromatic heterocycles. The van der Waals surface area contributed by atoms with Gasteiger partial charge in [-0.3, -0.25) is 0 Å². The van der Waals surface area contributed by atoms with Crippen LogP contribution < -0.4 is 0 Å². The molecule has 0 rings (SSSR count). The zero-order valence-corrected chi connectivity index (χ0v) is 28.3. The van der Waals surface area contributed by atoms with Crippen molar-refractivity contribution in [3.05, 3.63) is 38.0 Å². The number of esters is 3. The average molecular weight is 679 g/mol. The predicted molar refractivity (Wildman–Crippen MR) is 168 cm³/mol. The molecule has 0 aromatic carbocycles. The molecule has 0 fully saturated rings. The predicted octanol–water partition coefficient (Wildman–Crippen LogP) is 2.37. The van der Waals surface area contributed by atoms with Crippen LogP contribution in [0.25, 0.3) is 0 Å². The maximum Gasteiger partial charge on any atom is 0.330 e. The van der Waals surface area contributed by atoms with Gasteiger partial charge in [-0.05, 0) is 20.8 Å². The molecule has 3 atom stereocenters. The van der Waals surface area contributed by atoms with Crippen molar-refractivity contribution in [2.45, 2.75) is 46.6 Å². The van der Waals surface area contributed by atoms with Gasteiger partial charge in [0.25, 0.3) is 0 Å². The minimum Gasteiger partial charge on any atom is -0.460 e. The number of ether oxygens (including phenoxy) is 12. The second kappa shape index (κ2) is 29.4. The number of rotatable bonds is 33. The largest absolute Gasteiger partial charge is 0.460 e. The van der Waals surface area contributed by atoms with Crippen molar-refractivity contribution in [2.75, 3.05) is 99.1 Å². The smallest absolute Gasteiger partial charge is 0.330 e. The first-order valence-electron chi connectivity index (χ1n) is 15.4. The Morgan fingerprint density at radius 2 is 0.723 bits per heavy atom. The van der Waals surface area contributed by atoms with E-state index >= 15 is 0 Å². The molecule has 15 nitrogen and oxygen atoms in total. The normalized spacial score (nSPS) is 14.3. The van der Waals surface area contributed by atoms with Crippen LogP contribution in [0, 0.1) is 5.41 Å². The molecule has 0 aromatic rings. The van der Waals surface area contributed by atoms with Crippen LogP contribution in [0.5, 0.6) is 0 Å². The molecule has 0 aliphatic heterocycles. The number of hydrogen-bond acceptors (Lipinski definition) is 15. The Morgan fingerprint density at radius 1 is 0.468 bits per heavy atom. The lowest BCUT2D eigenvalue weighted by atomic mass is 9.94. The summed E-state index contributed by atoms with van der Waals surface area (Å²) in [5.41, 5.74) is -0.616. The van der Waals surface area contributed by atoms with Crippen molar-refractivity contribution in [2.24, 2.45) is 5.41 Å². The second-order valence-corrected chi connectivity index (χ2v) is 10.0. The SMILES string of the molecule is C=CC(=O)OCCOCCOC(C)OCC(C)(COC(C)OCCOCCOC(=O)C=C)COC(C)OCCOCCOC(=O)C=C. The lowest BCUT2D eigenvalue weighted by Crippen LogP contribution is -2.39. The summed E-state index contributed by atoms with van der Waals surface area (Å²) in [5, 5.41) is 0. The van der Waals surface area contributed by atoms with Gasteiger partial charge in [0.2, 0.25) is 0 Å². The molecule has 0 N–H and O–H groups in total. The van der Waals surface area contributed by atoms with Crippen molar-refractivity contribution < 1.29 is 71.2 Å². The Kier molecular flexibility index (Phi) is 27.7. The fourth-order valence-corrected chi connectivity index (χ4v) is 3.13. The quantitative estimate of drug-likeness (QED) is 0.0327. The molecule has 0 bridgehead atoms. The van der Waals surface area contributed by atoms with E-state index in [-0.39, 0.29) is 79.3 Å². The van der Waals surface area contributed by atoms with Gasteiger partial charge in [0.05, 0.1) is 79.3 Å². The van der Waals surface area contributed by atoms with Gasteiger partial charge in [-0.25, -0.2) is 14.4 Å². The molecule has 0 saturated heterocycles. The van der Waals surface area contributed by atoms with E-state index in [1.807, 2.05) is 6.92 Å². The maximum atomic E-state index is 11.0. The zero-order valence-electron chi connectivity index (χ0n) is 28.3. The van der Waals surface area contributed by atoms with E-state index in [4.69, 9.17) is 56.8 Å². The standard InChI is InChI=1S/C32H54O15/c1-8-29(33)42-20-14-36-11-17-39-26(4)45-23-32(7,24-46-27(5)40-18-12-37-15-21-43-30(34)9-2)25-47-28(6)41-19-13-38-16-22-44-31(35)10-3/h8-10,26-28H,1-3,11-25H2,4-7H3. The molecule has 0 aliphatic carbocycles. The first-order chi connectivity index (χ1) is 22.5. The molecule has 0 radical (unpaired) electrons. The Morgan fingerprint density at radius 3 is 0.979 bits per heavy atom. The first kappa shape index (κ1) is 44.3. The third-order valence-electron chi connectivity index (χ3n) is 5.66. The lowest BCUT2D eigenvalue weighted by molar-refractivity contribution is -0.212. The van der Waals surface area contributed by atoms with Crippen molar-refractivity contribution in [1.82, 2.24) is 0 Å². The Labute approximate surface area is 278 Å². The van der Waals surface area contributed by atoms with Crippen molar-refractivity contribution in [3.63, 3.8) is 0 Å². The molecule has 0 heterocycles. The van der Waals surface area contributed by atoms with Gasteiger partial charge in [-0.15, -0.1) is 0 Å². The molecule has 0 aliphatic rings. The van der Waals surface area contributed by atoms with E-state index in [0.29, 0.717) is 19.8 Å². The van der Waals surface area contributed by atoms with E-state index < -0.39 is 42.2 Å². The van der Waals surface area contributed by atoms with Crippen LogP contribution in [0.3, 0.4) is 0 Å². The van der Waals surface area contributed by atoms with Gasteiger partial charge >= 0.3 is 17.9 Å². The van der Waals surface area contributed by atoms with Crippen LogP contribution in [0.4, 0.5) is 0 Å². The molecule has 47 heavy (non-hydrogen) atoms. The molecular weight excluding hydrogens is 624 g/mol. The molecule has 15 heteroatoms. The average Bonchev–Trinajstić information content (AvgIpc) is 3.07. The van der Waals surface area contributed by atoms with Gasteiger partial charge in [0.15, 0.2) is 18.9 Å². The Hall–Kier alpha value is -2.73. The number of carbonyl (C=O) groups is 3. The van der Waals surface area contributed by atoms with Crippen LogP contribution in [0.1, 0.15) is 27.7 Å². The summed E-state index contributed by atoms with van der Waals surface area (Å²) in [5.74, 6) is -1.52. The monoisotopic (exact) mass is 678 g/mol. The van der Waals surface area contributed by atoms with Crippen LogP contribution in [-0.2, 0) is 71.2 Å². The third kappa shape index (κ3) is 28.0. The lowest BCUT2D eigenvalue weighted by Gasteiger charge is -2.32. The van der Waals surface area contributed by atoms with Crippen LogP contribution in [0.2, 0.25) is 0 Å². The second-order valence-electron chi connectivity index (χ2n) is 10.0. The summed E-state index contributed by atoms with van der Waals surface area (Å²) >= 11 is 0. The van der Waals surface area contributed by atoms with Gasteiger partial charge in [-0.2, -0.15) is 0 Å². The van der Waals surface area contributed by atoms with Crippen LogP contribution in [0.15, 0.2) is 38.0 Å². The Bertz CT molecular complexity index is 758. The number of carbonyl (C=O) groups excluding carboxylic acids is 3. The van der Waals surface area contributed by atoms with E-state index in [1.54, 1.807) is 20.8 Å². The van der Waals surface area contributed by atoms with Crippen molar-refractivity contribution in [3.8, 4) is 0 Å². The van der Waals surface area contributed by atoms with Crippen molar-refractivity contribution in [1.29, 1.82) is 0 Å². The number of hydrogen-bond donors (Lipinski definition) is 0. The highest BCUT2D eigenvalue weighted by molar-refractivity contribution is 5.81. The van der Waals surface area contributed by atoms with E-state index in [9.17, 15) is 14.4 Å². The van der Waals surface area contributed by atoms with Gasteiger partial charge in [0, 0.05) is 23.6 Å². The molecule has 0 saturated carbocycles. The molecular formula is C32H54O15. The minimum absolute atomic E-state index is 0.125. The van der Waals surface area contributed by atoms with Gasteiger partial charge in [-0.1, -0.05) is 26.7 Å². The maximum absolute atomic E-state index is 11.0. The summed E-state index contributed by atoms with van der Waals surface area (Å²) < 4.78 is 65.5. The molecule has 0 amide bonds. The van der Waals surface area contributed by atoms with Crippen LogP contribution >= 0.6 is 0 Å². The Balaban J connectivity index is 4.60. The van der Waals surface area contributed by atoms with Gasteiger partial charge < -0.3 is 56.8 Å². The third-order valence-corrected chi connectivity index (χ3v) is 5.66. The highest BCUT2D eigenvalue weighted by Crippen LogP contribution is 2.21. The summed E-state index contributed by atoms with van der Waals surface area (Å²) in [6.07, 6.45) is 1.61. The first-order valence-corrected chi connectivity index (χ1v) is 15.4. The van der Waals surface area contributed by atoms with E-state index in [1.165, 1.54) is 0 Å². The van der Waals surface area contributed by atoms with E-state index in [2.05, 4.69) is 19.7 Å². The zero-order chi connectivity index (χ0) is 35.2. The summed E-state index contributed by atoms with van der Waals surface area (Å²) in [6, 6.07) is 0. The highest BCUT2D eigenvalue weighted by Gasteiger charge is 2.29.